The van der Waals surface area contributed by atoms with Crippen LogP contribution in [0.2, 0.25) is 0 Å². The highest BCUT2D eigenvalue weighted by atomic mass is 16.2. The fraction of sp³-hybridized carbons (Fsp3) is 0.222. The van der Waals surface area contributed by atoms with Gasteiger partial charge in [-0.05, 0) is 0 Å². The van der Waals surface area contributed by atoms with Gasteiger partial charge in [-0.3, -0.25) is 9.48 Å². The Kier molecular flexibility index (Phi) is 2.35. The molecule has 0 aromatic carbocycles. The maximum Gasteiger partial charge on any atom is 0.277 e. The zero-order valence-electron chi connectivity index (χ0n) is 9.01. The first kappa shape index (κ1) is 10.2. The molecule has 0 atom stereocenters. The second-order valence-electron chi connectivity index (χ2n) is 3.45. The van der Waals surface area contributed by atoms with Gasteiger partial charge in [0.05, 0.1) is 18.2 Å². The van der Waals surface area contributed by atoms with Gasteiger partial charge in [0.15, 0.2) is 5.82 Å². The van der Waals surface area contributed by atoms with Gasteiger partial charge in [-0.2, -0.15) is 5.10 Å². The van der Waals surface area contributed by atoms with E-state index in [1.165, 1.54) is 10.9 Å². The number of imidazole rings is 1. The maximum atomic E-state index is 11.7. The fourth-order valence-corrected chi connectivity index (χ4v) is 1.31. The van der Waals surface area contributed by atoms with Crippen molar-refractivity contribution in [1.29, 1.82) is 0 Å². The van der Waals surface area contributed by atoms with Gasteiger partial charge >= 0.3 is 0 Å². The van der Waals surface area contributed by atoms with Crippen LogP contribution in [0.25, 0.3) is 0 Å². The SMILES string of the molecule is Cn1cnc(C(=O)Nc2c(N)cnn2C)c1. The Morgan fingerprint density at radius 3 is 2.75 bits per heavy atom. The number of anilines is 2. The quantitative estimate of drug-likeness (QED) is 0.744. The summed E-state index contributed by atoms with van der Waals surface area (Å²) in [5.74, 6) is 0.159. The van der Waals surface area contributed by atoms with Crippen molar-refractivity contribution in [2.75, 3.05) is 11.1 Å². The van der Waals surface area contributed by atoms with E-state index in [4.69, 9.17) is 5.73 Å². The summed E-state index contributed by atoms with van der Waals surface area (Å²) in [6, 6.07) is 0. The molecule has 0 unspecified atom stereocenters. The molecule has 2 aromatic rings. The number of hydrogen-bond donors (Lipinski definition) is 2. The Hall–Kier alpha value is -2.31. The van der Waals surface area contributed by atoms with E-state index in [-0.39, 0.29) is 5.91 Å². The maximum absolute atomic E-state index is 11.7. The van der Waals surface area contributed by atoms with Crippen LogP contribution < -0.4 is 11.1 Å². The number of carbonyl (C=O) groups is 1. The molecule has 0 saturated carbocycles. The number of carbonyl (C=O) groups excluding carboxylic acids is 1. The zero-order chi connectivity index (χ0) is 11.7. The van der Waals surface area contributed by atoms with Crippen LogP contribution in [-0.2, 0) is 14.1 Å². The molecule has 0 aliphatic carbocycles. The molecule has 2 rings (SSSR count). The van der Waals surface area contributed by atoms with Gasteiger partial charge in [-0.15, -0.1) is 0 Å². The molecule has 3 N–H and O–H groups in total. The van der Waals surface area contributed by atoms with Gasteiger partial charge in [-0.1, -0.05) is 0 Å². The Morgan fingerprint density at radius 1 is 1.50 bits per heavy atom. The molecule has 1 amide bonds. The van der Waals surface area contributed by atoms with Crippen LogP contribution >= 0.6 is 0 Å². The first-order valence-electron chi connectivity index (χ1n) is 4.64. The summed E-state index contributed by atoms with van der Waals surface area (Å²) < 4.78 is 3.19. The first-order chi connectivity index (χ1) is 7.58. The third kappa shape index (κ3) is 1.74. The smallest absolute Gasteiger partial charge is 0.277 e. The van der Waals surface area contributed by atoms with Gasteiger partial charge in [0.25, 0.3) is 5.91 Å². The topological polar surface area (TPSA) is 90.8 Å². The molecule has 0 aliphatic rings. The predicted molar refractivity (Wildman–Crippen MR) is 58.8 cm³/mol. The number of aromatic nitrogens is 4. The number of nitrogens with one attached hydrogen (secondary N) is 1. The molecule has 16 heavy (non-hydrogen) atoms. The van der Waals surface area contributed by atoms with E-state index in [9.17, 15) is 4.79 Å². The van der Waals surface area contributed by atoms with Gasteiger partial charge in [0.1, 0.15) is 5.69 Å². The molecule has 0 spiro atoms. The largest absolute Gasteiger partial charge is 0.394 e. The van der Waals surface area contributed by atoms with Crippen LogP contribution in [0.3, 0.4) is 0 Å². The van der Waals surface area contributed by atoms with E-state index in [1.807, 2.05) is 0 Å². The van der Waals surface area contributed by atoms with E-state index in [0.717, 1.165) is 0 Å². The van der Waals surface area contributed by atoms with E-state index < -0.39 is 0 Å². The van der Waals surface area contributed by atoms with Crippen molar-refractivity contribution in [3.63, 3.8) is 0 Å². The van der Waals surface area contributed by atoms with Crippen molar-refractivity contribution in [1.82, 2.24) is 19.3 Å². The lowest BCUT2D eigenvalue weighted by atomic mass is 10.4. The molecular formula is C9H12N6O. The van der Waals surface area contributed by atoms with E-state index in [0.29, 0.717) is 17.2 Å². The highest BCUT2D eigenvalue weighted by Gasteiger charge is 2.13. The normalized spacial score (nSPS) is 10.4. The van der Waals surface area contributed by atoms with E-state index in [1.54, 1.807) is 31.2 Å². The minimum atomic E-state index is -0.309. The number of rotatable bonds is 2. The molecule has 0 saturated heterocycles. The summed E-state index contributed by atoms with van der Waals surface area (Å²) in [6.45, 7) is 0. The summed E-state index contributed by atoms with van der Waals surface area (Å²) in [4.78, 5) is 15.7. The Bertz CT molecular complexity index is 506. The number of aryl methyl sites for hydroxylation is 2. The van der Waals surface area contributed by atoms with Gasteiger partial charge < -0.3 is 15.6 Å². The van der Waals surface area contributed by atoms with Crippen LogP contribution in [-0.4, -0.2) is 25.2 Å². The average molecular weight is 220 g/mol. The molecule has 0 radical (unpaired) electrons. The summed E-state index contributed by atoms with van der Waals surface area (Å²) in [5.41, 5.74) is 6.41. The molecule has 0 fully saturated rings. The predicted octanol–water partition coefficient (Wildman–Crippen LogP) is -0.0119. The number of hydrogen-bond acceptors (Lipinski definition) is 4. The van der Waals surface area contributed by atoms with E-state index in [2.05, 4.69) is 15.4 Å². The lowest BCUT2D eigenvalue weighted by Crippen LogP contribution is -2.16. The summed E-state index contributed by atoms with van der Waals surface area (Å²) in [6.07, 6.45) is 4.66. The molecule has 0 aliphatic heterocycles. The minimum absolute atomic E-state index is 0.309. The second kappa shape index (κ2) is 3.69. The lowest BCUT2D eigenvalue weighted by Gasteiger charge is -2.04. The molecule has 2 heterocycles. The summed E-state index contributed by atoms with van der Waals surface area (Å²) in [5, 5.41) is 6.57. The van der Waals surface area contributed by atoms with Crippen molar-refractivity contribution >= 4 is 17.4 Å². The second-order valence-corrected chi connectivity index (χ2v) is 3.45. The number of amides is 1. The Morgan fingerprint density at radius 2 is 2.25 bits per heavy atom. The highest BCUT2D eigenvalue weighted by molar-refractivity contribution is 6.03. The Balaban J connectivity index is 2.20. The van der Waals surface area contributed by atoms with Crippen molar-refractivity contribution in [2.45, 2.75) is 0 Å². The number of nitrogens with zero attached hydrogens (tertiary/aromatic N) is 4. The van der Waals surface area contributed by atoms with Crippen LogP contribution in [0.5, 0.6) is 0 Å². The average Bonchev–Trinajstić information content (AvgIpc) is 2.79. The molecule has 7 nitrogen and oxygen atoms in total. The number of nitrogens with two attached hydrogens (primary N) is 1. The zero-order valence-corrected chi connectivity index (χ0v) is 9.01. The fourth-order valence-electron chi connectivity index (χ4n) is 1.31. The van der Waals surface area contributed by atoms with E-state index >= 15 is 0 Å². The van der Waals surface area contributed by atoms with Crippen molar-refractivity contribution in [3.05, 3.63) is 24.4 Å². The van der Waals surface area contributed by atoms with Gasteiger partial charge in [-0.25, -0.2) is 4.98 Å². The third-order valence-corrected chi connectivity index (χ3v) is 2.14. The molecule has 84 valence electrons. The summed E-state index contributed by atoms with van der Waals surface area (Å²) in [7, 11) is 3.49. The minimum Gasteiger partial charge on any atom is -0.394 e. The van der Waals surface area contributed by atoms with Gasteiger partial charge in [0, 0.05) is 20.3 Å². The first-order valence-corrected chi connectivity index (χ1v) is 4.64. The van der Waals surface area contributed by atoms with Crippen molar-refractivity contribution < 1.29 is 4.79 Å². The Labute approximate surface area is 91.9 Å². The highest BCUT2D eigenvalue weighted by Crippen LogP contribution is 2.16. The van der Waals surface area contributed by atoms with Crippen LogP contribution in [0.15, 0.2) is 18.7 Å². The molecule has 7 heteroatoms. The monoisotopic (exact) mass is 220 g/mol. The summed E-state index contributed by atoms with van der Waals surface area (Å²) >= 11 is 0. The van der Waals surface area contributed by atoms with Crippen molar-refractivity contribution in [3.8, 4) is 0 Å². The third-order valence-electron chi connectivity index (χ3n) is 2.14. The van der Waals surface area contributed by atoms with Gasteiger partial charge in [0.2, 0.25) is 0 Å². The van der Waals surface area contributed by atoms with Crippen LogP contribution in [0, 0.1) is 0 Å². The standard InChI is InChI=1S/C9H12N6O/c1-14-4-7(11-5-14)9(16)13-8-6(10)3-12-15(8)2/h3-5H,10H2,1-2H3,(H,13,16). The molecule has 2 aromatic heterocycles. The van der Waals surface area contributed by atoms with Crippen molar-refractivity contribution in [2.24, 2.45) is 14.1 Å². The molecular weight excluding hydrogens is 208 g/mol. The van der Waals surface area contributed by atoms with Crippen LogP contribution in [0.1, 0.15) is 10.5 Å². The van der Waals surface area contributed by atoms with Crippen LogP contribution in [0.4, 0.5) is 11.5 Å². The lowest BCUT2D eigenvalue weighted by molar-refractivity contribution is 0.102. The molecule has 0 bridgehead atoms. The number of nitrogen functional groups attached to an aromatic ring is 1.